The lowest BCUT2D eigenvalue weighted by Gasteiger charge is -2.23. The molecule has 0 fully saturated rings. The second-order valence-corrected chi connectivity index (χ2v) is 4.17. The van der Waals surface area contributed by atoms with Gasteiger partial charge in [0.05, 0.1) is 6.10 Å². The summed E-state index contributed by atoms with van der Waals surface area (Å²) in [5.41, 5.74) is 0. The Bertz CT molecular complexity index is 176. The summed E-state index contributed by atoms with van der Waals surface area (Å²) in [6.07, 6.45) is 12.6. The summed E-state index contributed by atoms with van der Waals surface area (Å²) in [6.45, 7) is 4.72. The smallest absolute Gasteiger partial charge is 0.146 e. The van der Waals surface area contributed by atoms with Gasteiger partial charge in [-0.2, -0.15) is 0 Å². The highest BCUT2D eigenvalue weighted by Crippen LogP contribution is 2.20. The van der Waals surface area contributed by atoms with Gasteiger partial charge in [0.15, 0.2) is 0 Å². The van der Waals surface area contributed by atoms with E-state index in [1.165, 1.54) is 25.7 Å². The van der Waals surface area contributed by atoms with Crippen LogP contribution in [0.4, 0.5) is 0 Å². The predicted molar refractivity (Wildman–Crippen MR) is 68.1 cm³/mol. The minimum Gasteiger partial charge on any atom is -0.359 e. The standard InChI is InChI=1S/C14H26O2/c1-5-8-10-13(7-3)14(11-9-6-2)16-12-15-4/h3,13-14H,5-6,8-12H2,1-2,4H3/t13-,14-/m1/s1. The first-order valence-corrected chi connectivity index (χ1v) is 6.36. The van der Waals surface area contributed by atoms with Crippen LogP contribution in [0, 0.1) is 18.3 Å². The van der Waals surface area contributed by atoms with Gasteiger partial charge >= 0.3 is 0 Å². The lowest BCUT2D eigenvalue weighted by molar-refractivity contribution is -0.0877. The Labute approximate surface area is 101 Å². The molecule has 2 nitrogen and oxygen atoms in total. The number of hydrogen-bond donors (Lipinski definition) is 0. The Morgan fingerprint density at radius 1 is 1.12 bits per heavy atom. The third-order valence-corrected chi connectivity index (χ3v) is 2.77. The van der Waals surface area contributed by atoms with E-state index < -0.39 is 0 Å². The van der Waals surface area contributed by atoms with Gasteiger partial charge < -0.3 is 9.47 Å². The topological polar surface area (TPSA) is 18.5 Å². The summed E-state index contributed by atoms with van der Waals surface area (Å²) in [4.78, 5) is 0. The van der Waals surface area contributed by atoms with E-state index >= 15 is 0 Å². The van der Waals surface area contributed by atoms with Crippen LogP contribution in [0.1, 0.15) is 52.4 Å². The number of rotatable bonds is 10. The molecule has 94 valence electrons. The molecule has 2 atom stereocenters. The average molecular weight is 226 g/mol. The second-order valence-electron chi connectivity index (χ2n) is 4.17. The largest absolute Gasteiger partial charge is 0.359 e. The zero-order valence-electron chi connectivity index (χ0n) is 11.0. The molecule has 0 aliphatic heterocycles. The molecule has 0 spiro atoms. The van der Waals surface area contributed by atoms with Crippen molar-refractivity contribution in [1.82, 2.24) is 0 Å². The average Bonchev–Trinajstić information content (AvgIpc) is 2.32. The van der Waals surface area contributed by atoms with E-state index in [4.69, 9.17) is 15.9 Å². The Morgan fingerprint density at radius 3 is 2.25 bits per heavy atom. The predicted octanol–water partition coefficient (Wildman–Crippen LogP) is 3.61. The fraction of sp³-hybridized carbons (Fsp3) is 0.857. The molecule has 0 aromatic carbocycles. The maximum atomic E-state index is 5.68. The van der Waals surface area contributed by atoms with Crippen molar-refractivity contribution in [1.29, 1.82) is 0 Å². The van der Waals surface area contributed by atoms with Crippen molar-refractivity contribution < 1.29 is 9.47 Å². The van der Waals surface area contributed by atoms with E-state index in [9.17, 15) is 0 Å². The lowest BCUT2D eigenvalue weighted by Crippen LogP contribution is -2.24. The zero-order chi connectivity index (χ0) is 12.2. The van der Waals surface area contributed by atoms with Crippen LogP contribution >= 0.6 is 0 Å². The molecule has 0 aromatic rings. The molecular formula is C14H26O2. The van der Waals surface area contributed by atoms with Crippen molar-refractivity contribution in [2.24, 2.45) is 5.92 Å². The monoisotopic (exact) mass is 226 g/mol. The van der Waals surface area contributed by atoms with Gasteiger partial charge in [-0.15, -0.1) is 12.3 Å². The van der Waals surface area contributed by atoms with Gasteiger partial charge in [-0.3, -0.25) is 0 Å². The molecule has 0 heterocycles. The van der Waals surface area contributed by atoms with Crippen molar-refractivity contribution in [3.05, 3.63) is 0 Å². The Balaban J connectivity index is 4.14. The van der Waals surface area contributed by atoms with Crippen LogP contribution in [0.3, 0.4) is 0 Å². The maximum Gasteiger partial charge on any atom is 0.146 e. The van der Waals surface area contributed by atoms with Crippen LogP contribution in [0.2, 0.25) is 0 Å². The summed E-state index contributed by atoms with van der Waals surface area (Å²) in [7, 11) is 1.65. The summed E-state index contributed by atoms with van der Waals surface area (Å²) in [6, 6.07) is 0. The van der Waals surface area contributed by atoms with Gasteiger partial charge in [0.1, 0.15) is 6.79 Å². The normalized spacial score (nSPS) is 14.4. The summed E-state index contributed by atoms with van der Waals surface area (Å²) in [5, 5.41) is 0. The van der Waals surface area contributed by atoms with E-state index in [1.54, 1.807) is 7.11 Å². The van der Waals surface area contributed by atoms with Crippen LogP contribution in [-0.2, 0) is 9.47 Å². The van der Waals surface area contributed by atoms with Crippen molar-refractivity contribution in [2.45, 2.75) is 58.5 Å². The van der Waals surface area contributed by atoms with Crippen LogP contribution in [0.25, 0.3) is 0 Å². The third-order valence-electron chi connectivity index (χ3n) is 2.77. The third kappa shape index (κ3) is 6.87. The molecule has 0 unspecified atom stereocenters. The fourth-order valence-electron chi connectivity index (χ4n) is 1.76. The van der Waals surface area contributed by atoms with Crippen molar-refractivity contribution in [3.8, 4) is 12.3 Å². The van der Waals surface area contributed by atoms with Gasteiger partial charge in [0.2, 0.25) is 0 Å². The Morgan fingerprint density at radius 2 is 1.75 bits per heavy atom. The number of methoxy groups -OCH3 is 1. The molecule has 0 rings (SSSR count). The highest BCUT2D eigenvalue weighted by Gasteiger charge is 2.19. The summed E-state index contributed by atoms with van der Waals surface area (Å²) in [5.74, 6) is 3.11. The lowest BCUT2D eigenvalue weighted by atomic mass is 9.93. The van der Waals surface area contributed by atoms with Crippen LogP contribution in [0.15, 0.2) is 0 Å². The van der Waals surface area contributed by atoms with E-state index in [1.807, 2.05) is 0 Å². The van der Waals surface area contributed by atoms with Crippen LogP contribution < -0.4 is 0 Å². The van der Waals surface area contributed by atoms with Gasteiger partial charge in [0, 0.05) is 13.0 Å². The number of terminal acetylenes is 1. The number of ether oxygens (including phenoxy) is 2. The molecule has 0 aliphatic rings. The summed E-state index contributed by atoms with van der Waals surface area (Å²) < 4.78 is 10.6. The first-order chi connectivity index (χ1) is 7.79. The molecule has 0 saturated heterocycles. The highest BCUT2D eigenvalue weighted by atomic mass is 16.7. The summed E-state index contributed by atoms with van der Waals surface area (Å²) >= 11 is 0. The van der Waals surface area contributed by atoms with Gasteiger partial charge in [-0.05, 0) is 12.8 Å². The number of hydrogen-bond acceptors (Lipinski definition) is 2. The SMILES string of the molecule is C#C[C@H](CCCC)[C@@H](CCCC)OCOC. The first kappa shape index (κ1) is 15.5. The zero-order valence-corrected chi connectivity index (χ0v) is 11.0. The van der Waals surface area contributed by atoms with Crippen molar-refractivity contribution in [3.63, 3.8) is 0 Å². The Hall–Kier alpha value is -0.520. The number of unbranched alkanes of at least 4 members (excludes halogenated alkanes) is 2. The van der Waals surface area contributed by atoms with Crippen LogP contribution in [-0.4, -0.2) is 20.0 Å². The highest BCUT2D eigenvalue weighted by molar-refractivity contribution is 4.97. The Kier molecular flexibility index (Phi) is 10.6. The van der Waals surface area contributed by atoms with E-state index in [2.05, 4.69) is 19.8 Å². The molecule has 2 heteroatoms. The molecule has 0 amide bonds. The van der Waals surface area contributed by atoms with Crippen molar-refractivity contribution >= 4 is 0 Å². The van der Waals surface area contributed by atoms with Gasteiger partial charge in [-0.25, -0.2) is 0 Å². The first-order valence-electron chi connectivity index (χ1n) is 6.36. The molecule has 0 aliphatic carbocycles. The van der Waals surface area contributed by atoms with E-state index in [0.717, 1.165) is 12.8 Å². The second kappa shape index (κ2) is 11.0. The molecule has 0 aromatic heterocycles. The minimum atomic E-state index is 0.163. The maximum absolute atomic E-state index is 5.68. The van der Waals surface area contributed by atoms with Crippen LogP contribution in [0.5, 0.6) is 0 Å². The van der Waals surface area contributed by atoms with E-state index in [-0.39, 0.29) is 12.0 Å². The van der Waals surface area contributed by atoms with E-state index in [0.29, 0.717) is 6.79 Å². The van der Waals surface area contributed by atoms with Gasteiger partial charge in [-0.1, -0.05) is 39.5 Å². The quantitative estimate of drug-likeness (QED) is 0.418. The van der Waals surface area contributed by atoms with Crippen molar-refractivity contribution in [2.75, 3.05) is 13.9 Å². The fourth-order valence-corrected chi connectivity index (χ4v) is 1.76. The minimum absolute atomic E-state index is 0.163. The molecule has 0 radical (unpaired) electrons. The van der Waals surface area contributed by atoms with Gasteiger partial charge in [0.25, 0.3) is 0 Å². The molecule has 0 N–H and O–H groups in total. The molecular weight excluding hydrogens is 200 g/mol. The molecule has 0 bridgehead atoms. The molecule has 0 saturated carbocycles. The molecule has 16 heavy (non-hydrogen) atoms.